The molecule has 0 spiro atoms. The van der Waals surface area contributed by atoms with Crippen LogP contribution in [0.5, 0.6) is 11.5 Å². The quantitative estimate of drug-likeness (QED) is 0.597. The summed E-state index contributed by atoms with van der Waals surface area (Å²) in [6, 6.07) is 15.8. The number of hydrogen-bond acceptors (Lipinski definition) is 4. The van der Waals surface area contributed by atoms with E-state index in [1.165, 1.54) is 5.56 Å². The van der Waals surface area contributed by atoms with E-state index >= 15 is 0 Å². The van der Waals surface area contributed by atoms with Crippen LogP contribution in [0.4, 0.5) is 0 Å². The summed E-state index contributed by atoms with van der Waals surface area (Å²) in [6.45, 7) is 3.80. The van der Waals surface area contributed by atoms with Gasteiger partial charge in [0.2, 0.25) is 0 Å². The van der Waals surface area contributed by atoms with Gasteiger partial charge in [-0.3, -0.25) is 0 Å². The number of rotatable bonds is 8. The number of hydrogen-bond donors (Lipinski definition) is 1. The van der Waals surface area contributed by atoms with E-state index in [4.69, 9.17) is 25.5 Å². The first-order chi connectivity index (χ1) is 12.7. The lowest BCUT2D eigenvalue weighted by Crippen LogP contribution is -2.12. The van der Waals surface area contributed by atoms with Crippen molar-refractivity contribution in [2.24, 2.45) is 0 Å². The van der Waals surface area contributed by atoms with Crippen LogP contribution in [0.25, 0.3) is 0 Å². The number of methoxy groups -OCH3 is 1. The average molecular weight is 372 g/mol. The van der Waals surface area contributed by atoms with Crippen molar-refractivity contribution in [1.82, 2.24) is 5.32 Å². The van der Waals surface area contributed by atoms with Crippen molar-refractivity contribution >= 4 is 11.6 Å². The lowest BCUT2D eigenvalue weighted by molar-refractivity contribution is 0.284. The summed E-state index contributed by atoms with van der Waals surface area (Å²) >= 11 is 6.45. The first-order valence-electron chi connectivity index (χ1n) is 8.44. The minimum Gasteiger partial charge on any atom is -0.493 e. The maximum atomic E-state index is 6.45. The van der Waals surface area contributed by atoms with Gasteiger partial charge in [-0.15, -0.1) is 0 Å². The van der Waals surface area contributed by atoms with Crippen molar-refractivity contribution < 1.29 is 13.9 Å². The van der Waals surface area contributed by atoms with Gasteiger partial charge >= 0.3 is 0 Å². The molecule has 26 heavy (non-hydrogen) atoms. The van der Waals surface area contributed by atoms with E-state index in [-0.39, 0.29) is 0 Å². The first kappa shape index (κ1) is 18.4. The molecule has 3 rings (SSSR count). The summed E-state index contributed by atoms with van der Waals surface area (Å²) in [4.78, 5) is 0. The minimum atomic E-state index is 0.443. The van der Waals surface area contributed by atoms with Gasteiger partial charge in [-0.1, -0.05) is 35.9 Å². The fraction of sp³-hybridized carbons (Fsp3) is 0.238. The smallest absolute Gasteiger partial charge is 0.180 e. The fourth-order valence-corrected chi connectivity index (χ4v) is 2.97. The highest BCUT2D eigenvalue weighted by atomic mass is 35.5. The predicted octanol–water partition coefficient (Wildman–Crippen LogP) is 5.12. The second kappa shape index (κ2) is 8.79. The van der Waals surface area contributed by atoms with Crippen molar-refractivity contribution in [3.63, 3.8) is 0 Å². The highest BCUT2D eigenvalue weighted by Gasteiger charge is 2.13. The van der Waals surface area contributed by atoms with Gasteiger partial charge in [0.05, 0.1) is 24.9 Å². The number of aryl methyl sites for hydroxylation is 1. The molecule has 3 aromatic rings. The van der Waals surface area contributed by atoms with Crippen molar-refractivity contribution in [1.29, 1.82) is 0 Å². The largest absolute Gasteiger partial charge is 0.493 e. The SMILES string of the molecule is COc1cc(CNCc2ccco2)cc(Cl)c1OCc1ccccc1C. The first-order valence-corrected chi connectivity index (χ1v) is 8.82. The summed E-state index contributed by atoms with van der Waals surface area (Å²) in [5.41, 5.74) is 3.32. The second-order valence-corrected chi connectivity index (χ2v) is 6.41. The third-order valence-electron chi connectivity index (χ3n) is 4.13. The molecular formula is C21H22ClNO3. The molecule has 1 heterocycles. The van der Waals surface area contributed by atoms with Crippen LogP contribution in [0.3, 0.4) is 0 Å². The zero-order chi connectivity index (χ0) is 18.4. The summed E-state index contributed by atoms with van der Waals surface area (Å²) in [7, 11) is 1.62. The van der Waals surface area contributed by atoms with Crippen LogP contribution < -0.4 is 14.8 Å². The molecule has 0 aliphatic heterocycles. The van der Waals surface area contributed by atoms with E-state index in [9.17, 15) is 0 Å². The summed E-state index contributed by atoms with van der Waals surface area (Å²) in [6.07, 6.45) is 1.66. The molecule has 0 atom stereocenters. The molecule has 0 fully saturated rings. The van der Waals surface area contributed by atoms with Gasteiger partial charge in [0.15, 0.2) is 11.5 Å². The number of nitrogens with one attached hydrogen (secondary N) is 1. The van der Waals surface area contributed by atoms with Crippen LogP contribution in [-0.2, 0) is 19.7 Å². The van der Waals surface area contributed by atoms with Gasteiger partial charge < -0.3 is 19.2 Å². The topological polar surface area (TPSA) is 43.6 Å². The molecule has 0 saturated carbocycles. The van der Waals surface area contributed by atoms with Crippen LogP contribution >= 0.6 is 11.6 Å². The van der Waals surface area contributed by atoms with Crippen molar-refractivity contribution in [3.8, 4) is 11.5 Å². The minimum absolute atomic E-state index is 0.443. The molecule has 0 unspecified atom stereocenters. The van der Waals surface area contributed by atoms with Crippen LogP contribution in [-0.4, -0.2) is 7.11 Å². The number of benzene rings is 2. The van der Waals surface area contributed by atoms with Crippen LogP contribution in [0, 0.1) is 6.92 Å². The summed E-state index contributed by atoms with van der Waals surface area (Å²) in [5.74, 6) is 2.08. The zero-order valence-corrected chi connectivity index (χ0v) is 15.7. The van der Waals surface area contributed by atoms with Crippen molar-refractivity contribution in [2.75, 3.05) is 7.11 Å². The Balaban J connectivity index is 1.67. The van der Waals surface area contributed by atoms with Gasteiger partial charge in [0, 0.05) is 6.54 Å². The highest BCUT2D eigenvalue weighted by molar-refractivity contribution is 6.32. The Bertz CT molecular complexity index is 846. The van der Waals surface area contributed by atoms with Gasteiger partial charge in [-0.05, 0) is 47.9 Å². The Kier molecular flexibility index (Phi) is 6.21. The third-order valence-corrected chi connectivity index (χ3v) is 4.41. The molecule has 5 heteroatoms. The molecule has 0 amide bonds. The van der Waals surface area contributed by atoms with Crippen LogP contribution in [0.2, 0.25) is 5.02 Å². The van der Waals surface area contributed by atoms with Gasteiger partial charge in [0.25, 0.3) is 0 Å². The number of furan rings is 1. The zero-order valence-electron chi connectivity index (χ0n) is 14.9. The van der Waals surface area contributed by atoms with Crippen molar-refractivity contribution in [2.45, 2.75) is 26.6 Å². The third kappa shape index (κ3) is 4.59. The van der Waals surface area contributed by atoms with Crippen molar-refractivity contribution in [3.05, 3.63) is 82.3 Å². The molecule has 4 nitrogen and oxygen atoms in total. The molecule has 0 aliphatic carbocycles. The maximum absolute atomic E-state index is 6.45. The van der Waals surface area contributed by atoms with Crippen LogP contribution in [0.1, 0.15) is 22.5 Å². The summed E-state index contributed by atoms with van der Waals surface area (Å²) in [5, 5.41) is 3.85. The molecule has 0 aliphatic rings. The molecule has 1 N–H and O–H groups in total. The molecule has 0 saturated heterocycles. The highest BCUT2D eigenvalue weighted by Crippen LogP contribution is 2.37. The van der Waals surface area contributed by atoms with Crippen LogP contribution in [0.15, 0.2) is 59.2 Å². The monoisotopic (exact) mass is 371 g/mol. The van der Waals surface area contributed by atoms with E-state index in [0.717, 1.165) is 16.9 Å². The number of halogens is 1. The molecule has 2 aromatic carbocycles. The Morgan fingerprint density at radius 2 is 1.92 bits per heavy atom. The predicted molar refractivity (Wildman–Crippen MR) is 103 cm³/mol. The standard InChI is InChI=1S/C21H22ClNO3/c1-15-6-3-4-7-17(15)14-26-21-19(22)10-16(11-20(21)24-2)12-23-13-18-8-5-9-25-18/h3-11,23H,12-14H2,1-2H3. The van der Waals surface area contributed by atoms with E-state index in [1.807, 2.05) is 42.5 Å². The molecular weight excluding hydrogens is 350 g/mol. The lowest BCUT2D eigenvalue weighted by Gasteiger charge is -2.15. The van der Waals surface area contributed by atoms with E-state index in [1.54, 1.807) is 13.4 Å². The average Bonchev–Trinajstić information content (AvgIpc) is 3.15. The maximum Gasteiger partial charge on any atom is 0.180 e. The van der Waals surface area contributed by atoms with Gasteiger partial charge in [-0.2, -0.15) is 0 Å². The van der Waals surface area contributed by atoms with E-state index in [0.29, 0.717) is 36.2 Å². The van der Waals surface area contributed by atoms with E-state index < -0.39 is 0 Å². The molecule has 0 radical (unpaired) electrons. The Morgan fingerprint density at radius 3 is 2.65 bits per heavy atom. The molecule has 0 bridgehead atoms. The second-order valence-electron chi connectivity index (χ2n) is 6.01. The Labute approximate surface area is 158 Å². The Morgan fingerprint density at radius 1 is 1.08 bits per heavy atom. The molecule has 136 valence electrons. The lowest BCUT2D eigenvalue weighted by atomic mass is 10.1. The fourth-order valence-electron chi connectivity index (χ4n) is 2.68. The van der Waals surface area contributed by atoms with Gasteiger partial charge in [0.1, 0.15) is 12.4 Å². The van der Waals surface area contributed by atoms with E-state index in [2.05, 4.69) is 18.3 Å². The normalized spacial score (nSPS) is 10.7. The van der Waals surface area contributed by atoms with Gasteiger partial charge in [-0.25, -0.2) is 0 Å². The molecule has 1 aromatic heterocycles. The number of ether oxygens (including phenoxy) is 2. The summed E-state index contributed by atoms with van der Waals surface area (Å²) < 4.78 is 16.7. The Hall–Kier alpha value is -2.43.